The highest BCUT2D eigenvalue weighted by Gasteiger charge is 2.38. The van der Waals surface area contributed by atoms with Gasteiger partial charge in [0.05, 0.1) is 6.04 Å². The van der Waals surface area contributed by atoms with E-state index in [-0.39, 0.29) is 38.0 Å². The molecule has 180 valence electrons. The normalized spacial score (nSPS) is 18.3. The number of nitrogens with two attached hydrogens (primary N) is 1. The van der Waals surface area contributed by atoms with Gasteiger partial charge in [0, 0.05) is 25.1 Å². The molecule has 14 heteroatoms. The van der Waals surface area contributed by atoms with Crippen LogP contribution in [0.15, 0.2) is 0 Å². The lowest BCUT2D eigenvalue weighted by molar-refractivity contribution is -0.145. The molecule has 0 bridgehead atoms. The first-order chi connectivity index (χ1) is 15.0. The van der Waals surface area contributed by atoms with Crippen LogP contribution in [0.3, 0.4) is 0 Å². The third-order valence-electron chi connectivity index (χ3n) is 4.90. The van der Waals surface area contributed by atoms with E-state index in [9.17, 15) is 33.9 Å². The SMILES string of the molecule is NC(CCC(=O)O)C(=O)NC(CS)C(=O)N1CCCC1C(=O)NC(CCC(=O)O)C(=O)O. The summed E-state index contributed by atoms with van der Waals surface area (Å²) >= 11 is 4.06. The lowest BCUT2D eigenvalue weighted by Gasteiger charge is -2.29. The molecule has 0 aromatic rings. The van der Waals surface area contributed by atoms with Gasteiger partial charge in [0.2, 0.25) is 17.7 Å². The van der Waals surface area contributed by atoms with Crippen molar-refractivity contribution < 1.29 is 44.1 Å². The Labute approximate surface area is 189 Å². The largest absolute Gasteiger partial charge is 0.481 e. The average Bonchev–Trinajstić information content (AvgIpc) is 3.21. The molecule has 0 aliphatic carbocycles. The predicted octanol–water partition coefficient (Wildman–Crippen LogP) is -1.98. The van der Waals surface area contributed by atoms with Crippen molar-refractivity contribution in [2.75, 3.05) is 12.3 Å². The van der Waals surface area contributed by atoms with Gasteiger partial charge >= 0.3 is 17.9 Å². The maximum atomic E-state index is 12.9. The standard InChI is InChI=1S/C18H28N4O9S/c19-9(3-5-13(23)24)15(27)21-11(8-32)17(29)22-7-1-2-12(22)16(28)20-10(18(30)31)4-6-14(25)26/h9-12,32H,1-8,19H2,(H,20,28)(H,21,27)(H,23,24)(H,25,26)(H,30,31). The minimum Gasteiger partial charge on any atom is -0.481 e. The zero-order valence-electron chi connectivity index (χ0n) is 17.2. The number of carboxylic acids is 3. The Hall–Kier alpha value is -2.87. The van der Waals surface area contributed by atoms with Crippen LogP contribution in [0.5, 0.6) is 0 Å². The number of thiol groups is 1. The van der Waals surface area contributed by atoms with E-state index in [2.05, 4.69) is 23.3 Å². The first kappa shape index (κ1) is 27.2. The van der Waals surface area contributed by atoms with Gasteiger partial charge in [-0.2, -0.15) is 12.6 Å². The van der Waals surface area contributed by atoms with Crippen LogP contribution in [0.25, 0.3) is 0 Å². The molecule has 1 aliphatic heterocycles. The van der Waals surface area contributed by atoms with Crippen molar-refractivity contribution >= 4 is 48.3 Å². The van der Waals surface area contributed by atoms with Crippen molar-refractivity contribution in [2.45, 2.75) is 62.7 Å². The number of hydrogen-bond donors (Lipinski definition) is 7. The van der Waals surface area contributed by atoms with E-state index in [0.717, 1.165) is 0 Å². The van der Waals surface area contributed by atoms with Gasteiger partial charge < -0.3 is 36.6 Å². The summed E-state index contributed by atoms with van der Waals surface area (Å²) in [5.74, 6) is -5.94. The zero-order chi connectivity index (χ0) is 24.4. The number of carboxylic acid groups (broad SMARTS) is 3. The van der Waals surface area contributed by atoms with Crippen LogP contribution < -0.4 is 16.4 Å². The van der Waals surface area contributed by atoms with Crippen molar-refractivity contribution in [1.82, 2.24) is 15.5 Å². The molecular weight excluding hydrogens is 448 g/mol. The minimum atomic E-state index is -1.43. The van der Waals surface area contributed by atoms with E-state index in [1.54, 1.807) is 0 Å². The number of aliphatic carboxylic acids is 3. The zero-order valence-corrected chi connectivity index (χ0v) is 18.1. The number of amides is 3. The van der Waals surface area contributed by atoms with Crippen LogP contribution in [-0.4, -0.2) is 92.3 Å². The van der Waals surface area contributed by atoms with Crippen molar-refractivity contribution in [3.63, 3.8) is 0 Å². The Kier molecular flexibility index (Phi) is 10.9. The van der Waals surface area contributed by atoms with E-state index in [1.807, 2.05) is 0 Å². The molecule has 32 heavy (non-hydrogen) atoms. The van der Waals surface area contributed by atoms with Crippen molar-refractivity contribution in [3.05, 3.63) is 0 Å². The summed E-state index contributed by atoms with van der Waals surface area (Å²) in [4.78, 5) is 71.5. The molecule has 0 aromatic carbocycles. The molecule has 1 rings (SSSR count). The van der Waals surface area contributed by atoms with E-state index in [0.29, 0.717) is 6.42 Å². The quantitative estimate of drug-likeness (QED) is 0.145. The lowest BCUT2D eigenvalue weighted by atomic mass is 10.1. The maximum Gasteiger partial charge on any atom is 0.326 e. The van der Waals surface area contributed by atoms with Gasteiger partial charge in [-0.25, -0.2) is 4.79 Å². The average molecular weight is 477 g/mol. The number of hydrogen-bond acceptors (Lipinski definition) is 8. The van der Waals surface area contributed by atoms with E-state index < -0.39 is 66.2 Å². The van der Waals surface area contributed by atoms with Gasteiger partial charge in [-0.1, -0.05) is 0 Å². The number of nitrogens with zero attached hydrogens (tertiary/aromatic N) is 1. The summed E-state index contributed by atoms with van der Waals surface area (Å²) in [5, 5.41) is 31.3. The molecule has 0 radical (unpaired) electrons. The predicted molar refractivity (Wildman–Crippen MR) is 112 cm³/mol. The second kappa shape index (κ2) is 12.9. The third-order valence-corrected chi connectivity index (χ3v) is 5.27. The molecule has 4 atom stereocenters. The molecule has 0 aromatic heterocycles. The molecule has 4 unspecified atom stereocenters. The van der Waals surface area contributed by atoms with Crippen LogP contribution in [0.4, 0.5) is 0 Å². The van der Waals surface area contributed by atoms with Gasteiger partial charge in [-0.05, 0) is 25.7 Å². The second-order valence-electron chi connectivity index (χ2n) is 7.30. The van der Waals surface area contributed by atoms with Crippen LogP contribution in [0, 0.1) is 0 Å². The molecule has 0 spiro atoms. The first-order valence-corrected chi connectivity index (χ1v) is 10.5. The Balaban J connectivity index is 2.79. The summed E-state index contributed by atoms with van der Waals surface area (Å²) in [5.41, 5.74) is 5.64. The van der Waals surface area contributed by atoms with Crippen molar-refractivity contribution in [2.24, 2.45) is 5.73 Å². The summed E-state index contributed by atoms with van der Waals surface area (Å²) in [6.07, 6.45) is -0.511. The molecule has 0 saturated carbocycles. The summed E-state index contributed by atoms with van der Waals surface area (Å²) in [7, 11) is 0. The highest BCUT2D eigenvalue weighted by Crippen LogP contribution is 2.19. The molecule has 13 nitrogen and oxygen atoms in total. The number of carbonyl (C=O) groups is 6. The highest BCUT2D eigenvalue weighted by molar-refractivity contribution is 7.80. The Morgan fingerprint density at radius 1 is 0.969 bits per heavy atom. The topological polar surface area (TPSA) is 216 Å². The molecule has 1 heterocycles. The van der Waals surface area contributed by atoms with Gasteiger partial charge in [0.15, 0.2) is 0 Å². The number of carbonyl (C=O) groups excluding carboxylic acids is 3. The molecule has 7 N–H and O–H groups in total. The van der Waals surface area contributed by atoms with E-state index >= 15 is 0 Å². The smallest absolute Gasteiger partial charge is 0.326 e. The molecular formula is C18H28N4O9S. The second-order valence-corrected chi connectivity index (χ2v) is 7.67. The molecule has 1 saturated heterocycles. The first-order valence-electron chi connectivity index (χ1n) is 9.92. The Morgan fingerprint density at radius 2 is 1.56 bits per heavy atom. The molecule has 1 aliphatic rings. The lowest BCUT2D eigenvalue weighted by Crippen LogP contribution is -2.57. The summed E-state index contributed by atoms with van der Waals surface area (Å²) in [6.45, 7) is 0.189. The fourth-order valence-electron chi connectivity index (χ4n) is 3.17. The number of likely N-dealkylation sites (tertiary alicyclic amines) is 1. The van der Waals surface area contributed by atoms with Crippen molar-refractivity contribution in [3.8, 4) is 0 Å². The Bertz CT molecular complexity index is 748. The van der Waals surface area contributed by atoms with Crippen LogP contribution in [0.1, 0.15) is 38.5 Å². The monoisotopic (exact) mass is 476 g/mol. The van der Waals surface area contributed by atoms with Crippen LogP contribution >= 0.6 is 12.6 Å². The summed E-state index contributed by atoms with van der Waals surface area (Å²) in [6, 6.07) is -4.69. The fourth-order valence-corrected chi connectivity index (χ4v) is 3.42. The molecule has 3 amide bonds. The van der Waals surface area contributed by atoms with Crippen LogP contribution in [-0.2, 0) is 28.8 Å². The van der Waals surface area contributed by atoms with Crippen LogP contribution in [0.2, 0.25) is 0 Å². The van der Waals surface area contributed by atoms with Gasteiger partial charge in [0.25, 0.3) is 0 Å². The number of nitrogens with one attached hydrogen (secondary N) is 2. The highest BCUT2D eigenvalue weighted by atomic mass is 32.1. The van der Waals surface area contributed by atoms with E-state index in [4.69, 9.17) is 15.9 Å². The Morgan fingerprint density at radius 3 is 2.09 bits per heavy atom. The summed E-state index contributed by atoms with van der Waals surface area (Å²) < 4.78 is 0. The van der Waals surface area contributed by atoms with Gasteiger partial charge in [-0.15, -0.1) is 0 Å². The fraction of sp³-hybridized carbons (Fsp3) is 0.667. The third kappa shape index (κ3) is 8.34. The van der Waals surface area contributed by atoms with Gasteiger partial charge in [0.1, 0.15) is 18.1 Å². The molecule has 1 fully saturated rings. The minimum absolute atomic E-state index is 0.114. The number of rotatable bonds is 13. The van der Waals surface area contributed by atoms with Gasteiger partial charge in [-0.3, -0.25) is 24.0 Å². The van der Waals surface area contributed by atoms with Crippen molar-refractivity contribution in [1.29, 1.82) is 0 Å². The van der Waals surface area contributed by atoms with E-state index in [1.165, 1.54) is 4.90 Å². The maximum absolute atomic E-state index is 12.9.